The molecule has 3 rings (SSSR count). The van der Waals surface area contributed by atoms with Gasteiger partial charge in [-0.2, -0.15) is 0 Å². The van der Waals surface area contributed by atoms with Gasteiger partial charge >= 0.3 is 0 Å². The second-order valence-corrected chi connectivity index (χ2v) is 7.97. The van der Waals surface area contributed by atoms with Gasteiger partial charge in [-0.05, 0) is 48.8 Å². The molecule has 0 unspecified atom stereocenters. The van der Waals surface area contributed by atoms with Gasteiger partial charge in [0, 0.05) is 25.1 Å². The number of nitrogens with two attached hydrogens (primary N) is 2. The van der Waals surface area contributed by atoms with Gasteiger partial charge in [0.1, 0.15) is 5.82 Å². The number of carbonyl (C=O) groups is 2. The quantitative estimate of drug-likeness (QED) is 0.556. The topological polar surface area (TPSA) is 102 Å². The number of hydrogen-bond donors (Lipinski definition) is 2. The molecule has 2 atom stereocenters. The van der Waals surface area contributed by atoms with Gasteiger partial charge in [-0.3, -0.25) is 9.59 Å². The van der Waals surface area contributed by atoms with Crippen molar-refractivity contribution in [1.29, 1.82) is 0 Å². The Morgan fingerprint density at radius 1 is 1.03 bits per heavy atom. The van der Waals surface area contributed by atoms with Crippen LogP contribution in [0.15, 0.2) is 60.8 Å². The van der Waals surface area contributed by atoms with Crippen LogP contribution in [0.2, 0.25) is 0 Å². The molecule has 0 aliphatic carbocycles. The molecule has 31 heavy (non-hydrogen) atoms. The summed E-state index contributed by atoms with van der Waals surface area (Å²) in [4.78, 5) is 31.0. The highest BCUT2D eigenvalue weighted by Gasteiger charge is 2.25. The fourth-order valence-electron chi connectivity index (χ4n) is 3.64. The summed E-state index contributed by atoms with van der Waals surface area (Å²) in [5.41, 5.74) is 14.2. The Labute approximate surface area is 183 Å². The molecule has 6 nitrogen and oxygen atoms in total. The van der Waals surface area contributed by atoms with Crippen LogP contribution < -0.4 is 11.5 Å². The normalized spacial score (nSPS) is 13.0. The van der Waals surface area contributed by atoms with E-state index in [-0.39, 0.29) is 11.7 Å². The Morgan fingerprint density at radius 3 is 2.52 bits per heavy atom. The van der Waals surface area contributed by atoms with Crippen molar-refractivity contribution in [2.24, 2.45) is 5.73 Å². The molecule has 0 aliphatic heterocycles. The summed E-state index contributed by atoms with van der Waals surface area (Å²) >= 11 is 0. The van der Waals surface area contributed by atoms with Crippen LogP contribution in [0.5, 0.6) is 0 Å². The van der Waals surface area contributed by atoms with E-state index < -0.39 is 12.1 Å². The third kappa shape index (κ3) is 5.67. The van der Waals surface area contributed by atoms with Gasteiger partial charge in [-0.25, -0.2) is 4.98 Å². The lowest BCUT2D eigenvalue weighted by atomic mass is 10.00. The zero-order chi connectivity index (χ0) is 22.4. The van der Waals surface area contributed by atoms with E-state index in [9.17, 15) is 9.59 Å². The SMILES string of the molecule is C[C@@H](C(=O)CCc1ccc2c(N)nccc2c1)N(C)C(=O)[C@H](N)CCc1ccccc1. The number of nitrogens with zero attached hydrogens (tertiary/aromatic N) is 2. The highest BCUT2D eigenvalue weighted by Crippen LogP contribution is 2.21. The van der Waals surface area contributed by atoms with Crippen molar-refractivity contribution in [3.63, 3.8) is 0 Å². The van der Waals surface area contributed by atoms with Crippen LogP contribution in [-0.2, 0) is 22.4 Å². The molecule has 162 valence electrons. The number of carbonyl (C=O) groups excluding carboxylic acids is 2. The number of aromatic nitrogens is 1. The van der Waals surface area contributed by atoms with Crippen molar-refractivity contribution in [1.82, 2.24) is 9.88 Å². The van der Waals surface area contributed by atoms with E-state index in [1.807, 2.05) is 54.6 Å². The van der Waals surface area contributed by atoms with Crippen LogP contribution >= 0.6 is 0 Å². The second kappa shape index (κ2) is 10.2. The van der Waals surface area contributed by atoms with E-state index in [2.05, 4.69) is 4.98 Å². The van der Waals surface area contributed by atoms with Crippen molar-refractivity contribution in [2.75, 3.05) is 12.8 Å². The van der Waals surface area contributed by atoms with Gasteiger partial charge in [0.2, 0.25) is 5.91 Å². The monoisotopic (exact) mass is 418 g/mol. The second-order valence-electron chi connectivity index (χ2n) is 7.97. The Morgan fingerprint density at radius 2 is 1.77 bits per heavy atom. The number of benzene rings is 2. The first-order valence-electron chi connectivity index (χ1n) is 10.6. The number of likely N-dealkylation sites (N-methyl/N-ethyl adjacent to an activating group) is 1. The molecule has 1 heterocycles. The minimum absolute atomic E-state index is 0.0143. The number of pyridine rings is 1. The highest BCUT2D eigenvalue weighted by atomic mass is 16.2. The van der Waals surface area contributed by atoms with Crippen LogP contribution in [-0.4, -0.2) is 40.7 Å². The van der Waals surface area contributed by atoms with Crippen molar-refractivity contribution in [3.8, 4) is 0 Å². The fourth-order valence-corrected chi connectivity index (χ4v) is 3.64. The van der Waals surface area contributed by atoms with E-state index in [1.165, 1.54) is 4.90 Å². The molecule has 6 heteroatoms. The van der Waals surface area contributed by atoms with Crippen molar-refractivity contribution in [3.05, 3.63) is 71.9 Å². The lowest BCUT2D eigenvalue weighted by Gasteiger charge is -2.26. The highest BCUT2D eigenvalue weighted by molar-refractivity contribution is 5.92. The first kappa shape index (κ1) is 22.4. The first-order valence-corrected chi connectivity index (χ1v) is 10.6. The summed E-state index contributed by atoms with van der Waals surface area (Å²) in [6.07, 6.45) is 3.90. The average molecular weight is 419 g/mol. The Bertz CT molecular complexity index is 1050. The van der Waals surface area contributed by atoms with Crippen LogP contribution in [0.1, 0.15) is 30.9 Å². The van der Waals surface area contributed by atoms with Gasteiger partial charge in [0.05, 0.1) is 12.1 Å². The molecule has 0 saturated carbocycles. The summed E-state index contributed by atoms with van der Waals surface area (Å²) < 4.78 is 0. The summed E-state index contributed by atoms with van der Waals surface area (Å²) in [6.45, 7) is 1.76. The molecule has 2 aromatic carbocycles. The van der Waals surface area contributed by atoms with Gasteiger partial charge in [-0.15, -0.1) is 0 Å². The zero-order valence-electron chi connectivity index (χ0n) is 18.1. The molecule has 0 saturated heterocycles. The lowest BCUT2D eigenvalue weighted by Crippen LogP contribution is -2.48. The molecular formula is C25H30N4O2. The molecule has 4 N–H and O–H groups in total. The largest absolute Gasteiger partial charge is 0.383 e. The third-order valence-electron chi connectivity index (χ3n) is 5.82. The number of rotatable bonds is 9. The number of anilines is 1. The molecule has 0 bridgehead atoms. The minimum atomic E-state index is -0.625. The maximum absolute atomic E-state index is 12.7. The zero-order valence-corrected chi connectivity index (χ0v) is 18.1. The molecule has 1 aromatic heterocycles. The van der Waals surface area contributed by atoms with Gasteiger partial charge in [0.25, 0.3) is 0 Å². The number of aryl methyl sites for hydroxylation is 2. The molecule has 0 spiro atoms. The molecule has 1 amide bonds. The van der Waals surface area contributed by atoms with Gasteiger partial charge in [-0.1, -0.05) is 48.5 Å². The van der Waals surface area contributed by atoms with Crippen LogP contribution in [0.3, 0.4) is 0 Å². The molecular weight excluding hydrogens is 388 g/mol. The van der Waals surface area contributed by atoms with E-state index in [4.69, 9.17) is 11.5 Å². The van der Waals surface area contributed by atoms with Crippen LogP contribution in [0, 0.1) is 0 Å². The summed E-state index contributed by atoms with van der Waals surface area (Å²) in [7, 11) is 1.65. The lowest BCUT2D eigenvalue weighted by molar-refractivity contribution is -0.138. The van der Waals surface area contributed by atoms with Crippen molar-refractivity contribution >= 4 is 28.3 Å². The molecule has 0 fully saturated rings. The summed E-state index contributed by atoms with van der Waals surface area (Å²) in [6, 6.07) is 16.6. The number of nitrogen functional groups attached to an aromatic ring is 1. The number of amides is 1. The average Bonchev–Trinajstić information content (AvgIpc) is 2.80. The van der Waals surface area contributed by atoms with Crippen LogP contribution in [0.25, 0.3) is 10.8 Å². The van der Waals surface area contributed by atoms with E-state index >= 15 is 0 Å². The van der Waals surface area contributed by atoms with Crippen molar-refractivity contribution in [2.45, 2.75) is 44.7 Å². The number of fused-ring (bicyclic) bond motifs is 1. The Kier molecular flexibility index (Phi) is 7.36. The van der Waals surface area contributed by atoms with Gasteiger partial charge in [0.15, 0.2) is 5.78 Å². The number of hydrogen-bond acceptors (Lipinski definition) is 5. The predicted molar refractivity (Wildman–Crippen MR) is 124 cm³/mol. The standard InChI is InChI=1S/C25H30N4O2/c1-17(29(2)25(31)22(26)12-9-18-6-4-3-5-7-18)23(30)13-10-19-8-11-21-20(16-19)14-15-28-24(21)27/h3-8,11,14-17,22H,9-10,12-13,26H2,1-2H3,(H2,27,28)/t17-,22+/m0/s1. The molecule has 0 aliphatic rings. The predicted octanol–water partition coefficient (Wildman–Crippen LogP) is 3.13. The maximum Gasteiger partial charge on any atom is 0.239 e. The van der Waals surface area contributed by atoms with Gasteiger partial charge < -0.3 is 16.4 Å². The smallest absolute Gasteiger partial charge is 0.239 e. The van der Waals surface area contributed by atoms with E-state index in [1.54, 1.807) is 20.2 Å². The molecule has 0 radical (unpaired) electrons. The summed E-state index contributed by atoms with van der Waals surface area (Å²) in [5, 5.41) is 1.91. The minimum Gasteiger partial charge on any atom is -0.383 e. The first-order chi connectivity index (χ1) is 14.9. The molecule has 3 aromatic rings. The Balaban J connectivity index is 1.53. The van der Waals surface area contributed by atoms with Crippen molar-refractivity contribution < 1.29 is 9.59 Å². The number of ketones is 1. The van der Waals surface area contributed by atoms with E-state index in [0.29, 0.717) is 25.1 Å². The Hall–Kier alpha value is -3.25. The maximum atomic E-state index is 12.7. The number of Topliss-reactive ketones (excluding diaryl/α,β-unsaturated/α-hetero) is 1. The van der Waals surface area contributed by atoms with Crippen LogP contribution in [0.4, 0.5) is 5.82 Å². The van der Waals surface area contributed by atoms with E-state index in [0.717, 1.165) is 28.3 Å². The fraction of sp³-hybridized carbons (Fsp3) is 0.320. The third-order valence-corrected chi connectivity index (χ3v) is 5.82. The summed E-state index contributed by atoms with van der Waals surface area (Å²) in [5.74, 6) is 0.309.